The summed E-state index contributed by atoms with van der Waals surface area (Å²) < 4.78 is 0. The topological polar surface area (TPSA) is 32.3 Å². The Kier molecular flexibility index (Phi) is 2.37. The van der Waals surface area contributed by atoms with Gasteiger partial charge in [0, 0.05) is 25.6 Å². The molecule has 1 saturated carbocycles. The summed E-state index contributed by atoms with van der Waals surface area (Å²) in [7, 11) is 0. The summed E-state index contributed by atoms with van der Waals surface area (Å²) in [6, 6.07) is 0. The van der Waals surface area contributed by atoms with Gasteiger partial charge in [-0.1, -0.05) is 19.3 Å². The molecule has 70 valence electrons. The van der Waals surface area contributed by atoms with Crippen molar-refractivity contribution >= 4 is 0 Å². The van der Waals surface area contributed by atoms with Crippen molar-refractivity contribution < 1.29 is 5.11 Å². The van der Waals surface area contributed by atoms with Gasteiger partial charge in [0.15, 0.2) is 0 Å². The first-order valence-electron chi connectivity index (χ1n) is 5.19. The zero-order chi connectivity index (χ0) is 8.44. The molecular formula is C10H19NO. The van der Waals surface area contributed by atoms with Crippen LogP contribution in [0.4, 0.5) is 0 Å². The molecule has 12 heavy (non-hydrogen) atoms. The lowest BCUT2D eigenvalue weighted by Crippen LogP contribution is -2.34. The van der Waals surface area contributed by atoms with Gasteiger partial charge in [0.05, 0.1) is 0 Å². The Morgan fingerprint density at radius 2 is 2.00 bits per heavy atom. The van der Waals surface area contributed by atoms with Crippen molar-refractivity contribution in [1.82, 2.24) is 5.32 Å². The average molecular weight is 169 g/mol. The van der Waals surface area contributed by atoms with Crippen LogP contribution in [0.2, 0.25) is 0 Å². The Bertz CT molecular complexity index is 152. The van der Waals surface area contributed by atoms with E-state index < -0.39 is 0 Å². The third-order valence-electron chi connectivity index (χ3n) is 3.80. The van der Waals surface area contributed by atoms with E-state index in [-0.39, 0.29) is 0 Å². The second-order valence-corrected chi connectivity index (χ2v) is 4.43. The maximum Gasteiger partial charge on any atom is 0.0477 e. The van der Waals surface area contributed by atoms with Gasteiger partial charge in [-0.25, -0.2) is 0 Å². The first-order valence-corrected chi connectivity index (χ1v) is 5.19. The number of aliphatic hydroxyl groups excluding tert-OH is 1. The zero-order valence-corrected chi connectivity index (χ0v) is 7.68. The van der Waals surface area contributed by atoms with Gasteiger partial charge >= 0.3 is 0 Å². The molecule has 1 aliphatic carbocycles. The van der Waals surface area contributed by atoms with E-state index in [2.05, 4.69) is 5.32 Å². The lowest BCUT2D eigenvalue weighted by molar-refractivity contribution is 0.0931. The van der Waals surface area contributed by atoms with Crippen molar-refractivity contribution in [3.63, 3.8) is 0 Å². The molecule has 0 bridgehead atoms. The quantitative estimate of drug-likeness (QED) is 0.617. The van der Waals surface area contributed by atoms with Crippen LogP contribution in [0, 0.1) is 11.3 Å². The highest BCUT2D eigenvalue weighted by Gasteiger charge is 2.42. The first kappa shape index (κ1) is 8.52. The highest BCUT2D eigenvalue weighted by Crippen LogP contribution is 2.44. The van der Waals surface area contributed by atoms with Crippen molar-refractivity contribution in [2.75, 3.05) is 19.7 Å². The standard InChI is InChI=1S/C10H19NO/c12-7-9-6-11-8-10(9)4-2-1-3-5-10/h9,11-12H,1-8H2. The summed E-state index contributed by atoms with van der Waals surface area (Å²) in [6.07, 6.45) is 6.83. The molecular weight excluding hydrogens is 150 g/mol. The molecule has 1 heterocycles. The van der Waals surface area contributed by atoms with Crippen LogP contribution in [-0.2, 0) is 0 Å². The van der Waals surface area contributed by atoms with Crippen molar-refractivity contribution in [2.45, 2.75) is 32.1 Å². The molecule has 2 nitrogen and oxygen atoms in total. The third-order valence-corrected chi connectivity index (χ3v) is 3.80. The fraction of sp³-hybridized carbons (Fsp3) is 1.00. The summed E-state index contributed by atoms with van der Waals surface area (Å²) >= 11 is 0. The van der Waals surface area contributed by atoms with Crippen LogP contribution in [-0.4, -0.2) is 24.8 Å². The Balaban J connectivity index is 2.05. The average Bonchev–Trinajstić information content (AvgIpc) is 2.49. The van der Waals surface area contributed by atoms with Crippen molar-refractivity contribution in [3.8, 4) is 0 Å². The number of hydrogen-bond acceptors (Lipinski definition) is 2. The van der Waals surface area contributed by atoms with Gasteiger partial charge in [-0.15, -0.1) is 0 Å². The highest BCUT2D eigenvalue weighted by atomic mass is 16.3. The van der Waals surface area contributed by atoms with Crippen LogP contribution in [0.25, 0.3) is 0 Å². The van der Waals surface area contributed by atoms with Crippen LogP contribution < -0.4 is 5.32 Å². The highest BCUT2D eigenvalue weighted by molar-refractivity contribution is 4.96. The van der Waals surface area contributed by atoms with Crippen LogP contribution in [0.1, 0.15) is 32.1 Å². The molecule has 2 fully saturated rings. The van der Waals surface area contributed by atoms with Gasteiger partial charge in [0.2, 0.25) is 0 Å². The molecule has 2 rings (SSSR count). The molecule has 0 aromatic carbocycles. The van der Waals surface area contributed by atoms with Crippen LogP contribution in [0.5, 0.6) is 0 Å². The fourth-order valence-corrected chi connectivity index (χ4v) is 2.96. The molecule has 0 radical (unpaired) electrons. The predicted molar refractivity (Wildman–Crippen MR) is 49.0 cm³/mol. The summed E-state index contributed by atoms with van der Waals surface area (Å²) in [5.41, 5.74) is 0.479. The molecule has 1 aliphatic heterocycles. The number of aliphatic hydroxyl groups is 1. The normalized spacial score (nSPS) is 34.2. The zero-order valence-electron chi connectivity index (χ0n) is 7.68. The van der Waals surface area contributed by atoms with Gasteiger partial charge in [0.25, 0.3) is 0 Å². The molecule has 2 heteroatoms. The van der Waals surface area contributed by atoms with Crippen LogP contribution in [0.15, 0.2) is 0 Å². The van der Waals surface area contributed by atoms with E-state index in [4.69, 9.17) is 0 Å². The molecule has 1 spiro atoms. The maximum atomic E-state index is 9.24. The number of hydrogen-bond donors (Lipinski definition) is 2. The Hall–Kier alpha value is -0.0800. The van der Waals surface area contributed by atoms with E-state index >= 15 is 0 Å². The molecule has 2 N–H and O–H groups in total. The van der Waals surface area contributed by atoms with Gasteiger partial charge < -0.3 is 10.4 Å². The van der Waals surface area contributed by atoms with Crippen LogP contribution in [0.3, 0.4) is 0 Å². The Labute approximate surface area is 74.4 Å². The smallest absolute Gasteiger partial charge is 0.0477 e. The van der Waals surface area contributed by atoms with Gasteiger partial charge in [-0.2, -0.15) is 0 Å². The van der Waals surface area contributed by atoms with E-state index in [0.717, 1.165) is 13.1 Å². The van der Waals surface area contributed by atoms with Gasteiger partial charge in [-0.05, 0) is 18.3 Å². The fourth-order valence-electron chi connectivity index (χ4n) is 2.96. The third kappa shape index (κ3) is 1.27. The SMILES string of the molecule is OCC1CNCC12CCCCC2. The van der Waals surface area contributed by atoms with Crippen molar-refractivity contribution in [2.24, 2.45) is 11.3 Å². The second kappa shape index (κ2) is 3.35. The van der Waals surface area contributed by atoms with Crippen molar-refractivity contribution in [3.05, 3.63) is 0 Å². The van der Waals surface area contributed by atoms with Crippen LogP contribution >= 0.6 is 0 Å². The maximum absolute atomic E-state index is 9.24. The lowest BCUT2D eigenvalue weighted by Gasteiger charge is -2.37. The Morgan fingerprint density at radius 1 is 1.25 bits per heavy atom. The first-order chi connectivity index (χ1) is 5.87. The van der Waals surface area contributed by atoms with Crippen molar-refractivity contribution in [1.29, 1.82) is 0 Å². The molecule has 0 aromatic rings. The molecule has 1 atom stereocenters. The lowest BCUT2D eigenvalue weighted by atomic mass is 9.68. The van der Waals surface area contributed by atoms with E-state index in [1.807, 2.05) is 0 Å². The summed E-state index contributed by atoms with van der Waals surface area (Å²) in [6.45, 7) is 2.57. The Morgan fingerprint density at radius 3 is 2.67 bits per heavy atom. The minimum atomic E-state index is 0.382. The minimum absolute atomic E-state index is 0.382. The van der Waals surface area contributed by atoms with Gasteiger partial charge in [-0.3, -0.25) is 0 Å². The molecule has 1 saturated heterocycles. The summed E-state index contributed by atoms with van der Waals surface area (Å²) in [5, 5.41) is 12.7. The van der Waals surface area contributed by atoms with E-state index in [1.54, 1.807) is 0 Å². The molecule has 0 amide bonds. The number of nitrogens with one attached hydrogen (secondary N) is 1. The summed E-state index contributed by atoms with van der Waals surface area (Å²) in [4.78, 5) is 0. The monoisotopic (exact) mass is 169 g/mol. The molecule has 0 aromatic heterocycles. The van der Waals surface area contributed by atoms with E-state index in [0.29, 0.717) is 17.9 Å². The van der Waals surface area contributed by atoms with Gasteiger partial charge in [0.1, 0.15) is 0 Å². The second-order valence-electron chi connectivity index (χ2n) is 4.43. The molecule has 1 unspecified atom stereocenters. The van der Waals surface area contributed by atoms with E-state index in [9.17, 15) is 5.11 Å². The minimum Gasteiger partial charge on any atom is -0.396 e. The largest absolute Gasteiger partial charge is 0.396 e. The number of rotatable bonds is 1. The summed E-state index contributed by atoms with van der Waals surface area (Å²) in [5.74, 6) is 0.540. The molecule has 2 aliphatic rings. The predicted octanol–water partition coefficient (Wildman–Crippen LogP) is 1.15. The van der Waals surface area contributed by atoms with E-state index in [1.165, 1.54) is 32.1 Å².